The minimum Gasteiger partial charge on any atom is -0.385 e. The van der Waals surface area contributed by atoms with Crippen LogP contribution in [0.1, 0.15) is 23.6 Å². The molecule has 0 spiro atoms. The lowest BCUT2D eigenvalue weighted by molar-refractivity contribution is 0.193. The highest BCUT2D eigenvalue weighted by Crippen LogP contribution is 2.40. The van der Waals surface area contributed by atoms with Crippen molar-refractivity contribution in [2.45, 2.75) is 17.4 Å². The summed E-state index contributed by atoms with van der Waals surface area (Å²) in [7, 11) is -0.415. The molecule has 0 aliphatic carbocycles. The predicted octanol–water partition coefficient (Wildman–Crippen LogP) is 3.19. The predicted molar refractivity (Wildman–Crippen MR) is 99.8 cm³/mol. The molecular formula is C18H21ClN2O3S. The Morgan fingerprint density at radius 3 is 2.72 bits per heavy atom. The Hall–Kier alpha value is -1.60. The fourth-order valence-electron chi connectivity index (χ4n) is 3.11. The first-order chi connectivity index (χ1) is 12.0. The maximum atomic E-state index is 13.1. The third kappa shape index (κ3) is 3.40. The van der Waals surface area contributed by atoms with Gasteiger partial charge in [0.25, 0.3) is 10.0 Å². The van der Waals surface area contributed by atoms with Gasteiger partial charge in [-0.3, -0.25) is 4.31 Å². The molecule has 0 bridgehead atoms. The molecule has 1 atom stereocenters. The zero-order chi connectivity index (χ0) is 18.0. The van der Waals surface area contributed by atoms with Crippen LogP contribution in [0.25, 0.3) is 0 Å². The molecule has 1 aliphatic rings. The van der Waals surface area contributed by atoms with Crippen molar-refractivity contribution in [3.8, 4) is 0 Å². The molecule has 0 saturated carbocycles. The fraction of sp³-hybridized carbons (Fsp3) is 0.333. The monoisotopic (exact) mass is 380 g/mol. The maximum absolute atomic E-state index is 13.1. The quantitative estimate of drug-likeness (QED) is 0.809. The first-order valence-corrected chi connectivity index (χ1v) is 9.88. The number of benzene rings is 2. The van der Waals surface area contributed by atoms with E-state index in [-0.39, 0.29) is 6.04 Å². The Balaban J connectivity index is 2.15. The number of ether oxygens (including phenoxy) is 1. The van der Waals surface area contributed by atoms with Crippen molar-refractivity contribution in [2.75, 3.05) is 31.6 Å². The smallest absolute Gasteiger partial charge is 0.264 e. The third-order valence-electron chi connectivity index (χ3n) is 4.38. The van der Waals surface area contributed by atoms with Crippen LogP contribution in [0.3, 0.4) is 0 Å². The van der Waals surface area contributed by atoms with E-state index in [9.17, 15) is 8.42 Å². The van der Waals surface area contributed by atoms with Crippen LogP contribution in [0.5, 0.6) is 0 Å². The first kappa shape index (κ1) is 18.2. The summed E-state index contributed by atoms with van der Waals surface area (Å²) >= 11 is 6.13. The molecule has 0 radical (unpaired) electrons. The van der Waals surface area contributed by atoms with Gasteiger partial charge in [-0.05, 0) is 42.3 Å². The summed E-state index contributed by atoms with van der Waals surface area (Å²) < 4.78 is 32.5. The van der Waals surface area contributed by atoms with Crippen molar-refractivity contribution in [3.05, 3.63) is 58.6 Å². The highest BCUT2D eigenvalue weighted by molar-refractivity contribution is 7.92. The van der Waals surface area contributed by atoms with Crippen LogP contribution in [0.2, 0.25) is 5.02 Å². The van der Waals surface area contributed by atoms with Crippen LogP contribution in [0.4, 0.5) is 5.69 Å². The van der Waals surface area contributed by atoms with Gasteiger partial charge in [-0.1, -0.05) is 35.9 Å². The normalized spacial score (nSPS) is 18.4. The van der Waals surface area contributed by atoms with E-state index in [1.165, 1.54) is 4.31 Å². The minimum absolute atomic E-state index is 0.236. The summed E-state index contributed by atoms with van der Waals surface area (Å²) in [6.07, 6.45) is 0.834. The lowest BCUT2D eigenvalue weighted by Gasteiger charge is -2.22. The summed E-state index contributed by atoms with van der Waals surface area (Å²) in [6, 6.07) is 12.3. The number of halogens is 1. The Bertz CT molecular complexity index is 870. The number of hydrogen-bond acceptors (Lipinski definition) is 4. The number of nitrogens with one attached hydrogen (secondary N) is 1. The average Bonchev–Trinajstić information content (AvgIpc) is 2.67. The summed E-state index contributed by atoms with van der Waals surface area (Å²) in [5, 5.41) is 3.98. The van der Waals surface area contributed by atoms with Crippen molar-refractivity contribution in [3.63, 3.8) is 0 Å². The van der Waals surface area contributed by atoms with Gasteiger partial charge < -0.3 is 10.1 Å². The van der Waals surface area contributed by atoms with Crippen LogP contribution in [-0.4, -0.2) is 35.7 Å². The molecule has 1 unspecified atom stereocenters. The molecule has 1 N–H and O–H groups in total. The second-order valence-corrected chi connectivity index (χ2v) is 8.32. The molecule has 5 nitrogen and oxygen atoms in total. The van der Waals surface area contributed by atoms with Crippen molar-refractivity contribution in [1.82, 2.24) is 5.32 Å². The number of methoxy groups -OCH3 is 1. The van der Waals surface area contributed by atoms with Gasteiger partial charge in [0, 0.05) is 25.8 Å². The topological polar surface area (TPSA) is 58.6 Å². The Morgan fingerprint density at radius 1 is 1.20 bits per heavy atom. The van der Waals surface area contributed by atoms with Gasteiger partial charge in [0.1, 0.15) is 0 Å². The molecule has 2 aromatic carbocycles. The van der Waals surface area contributed by atoms with E-state index in [0.717, 1.165) is 17.5 Å². The van der Waals surface area contributed by atoms with E-state index in [2.05, 4.69) is 5.32 Å². The first-order valence-electron chi connectivity index (χ1n) is 8.06. The van der Waals surface area contributed by atoms with Gasteiger partial charge in [0.05, 0.1) is 16.6 Å². The van der Waals surface area contributed by atoms with Crippen LogP contribution in [0, 0.1) is 0 Å². The van der Waals surface area contributed by atoms with Gasteiger partial charge >= 0.3 is 0 Å². The number of hydrogen-bond donors (Lipinski definition) is 1. The van der Waals surface area contributed by atoms with Gasteiger partial charge in [0.2, 0.25) is 0 Å². The van der Waals surface area contributed by atoms with E-state index in [0.29, 0.717) is 28.8 Å². The van der Waals surface area contributed by atoms with Crippen molar-refractivity contribution >= 4 is 27.3 Å². The molecule has 0 amide bonds. The highest BCUT2D eigenvalue weighted by Gasteiger charge is 2.34. The standard InChI is InChI=1S/C18H21ClN2O3S/c1-21-16-12-13(19)8-9-14(16)18(20-10-5-11-24-2)15-6-3-4-7-17(15)25(21,22)23/h3-4,6-9,12,18,20H,5,10-11H2,1-2H3. The fourth-order valence-corrected chi connectivity index (χ4v) is 4.73. The molecule has 2 aromatic rings. The molecule has 7 heteroatoms. The average molecular weight is 381 g/mol. The Kier molecular flexibility index (Phi) is 5.34. The van der Waals surface area contributed by atoms with E-state index in [1.54, 1.807) is 38.4 Å². The largest absolute Gasteiger partial charge is 0.385 e. The van der Waals surface area contributed by atoms with Crippen molar-refractivity contribution in [1.29, 1.82) is 0 Å². The summed E-state index contributed by atoms with van der Waals surface area (Å²) in [4.78, 5) is 0.314. The van der Waals surface area contributed by atoms with Crippen LogP contribution < -0.4 is 9.62 Å². The van der Waals surface area contributed by atoms with E-state index in [1.807, 2.05) is 18.2 Å². The second-order valence-electron chi connectivity index (χ2n) is 5.95. The van der Waals surface area contributed by atoms with Gasteiger partial charge in [0.15, 0.2) is 0 Å². The molecular weight excluding hydrogens is 360 g/mol. The van der Waals surface area contributed by atoms with Gasteiger partial charge in [-0.15, -0.1) is 0 Å². The molecule has 1 heterocycles. The van der Waals surface area contributed by atoms with E-state index < -0.39 is 10.0 Å². The SMILES string of the molecule is COCCCNC1c2ccc(Cl)cc2N(C)S(=O)(=O)c2ccccc21. The number of nitrogens with zero attached hydrogens (tertiary/aromatic N) is 1. The number of sulfonamides is 1. The second kappa shape index (κ2) is 7.33. The summed E-state index contributed by atoms with van der Waals surface area (Å²) in [5.74, 6) is 0. The number of fused-ring (bicyclic) bond motifs is 2. The maximum Gasteiger partial charge on any atom is 0.264 e. The van der Waals surface area contributed by atoms with E-state index in [4.69, 9.17) is 16.3 Å². The molecule has 134 valence electrons. The third-order valence-corrected chi connectivity index (χ3v) is 6.47. The number of rotatable bonds is 5. The summed E-state index contributed by atoms with van der Waals surface area (Å²) in [5.41, 5.74) is 2.22. The van der Waals surface area contributed by atoms with Crippen LogP contribution in [0.15, 0.2) is 47.4 Å². The van der Waals surface area contributed by atoms with Crippen molar-refractivity contribution in [2.24, 2.45) is 0 Å². The van der Waals surface area contributed by atoms with Gasteiger partial charge in [-0.25, -0.2) is 8.42 Å². The molecule has 3 rings (SSSR count). The zero-order valence-electron chi connectivity index (χ0n) is 14.2. The molecule has 0 fully saturated rings. The Morgan fingerprint density at radius 2 is 1.96 bits per heavy atom. The van der Waals surface area contributed by atoms with Crippen LogP contribution in [-0.2, 0) is 14.8 Å². The lowest BCUT2D eigenvalue weighted by atomic mass is 9.97. The van der Waals surface area contributed by atoms with Crippen LogP contribution >= 0.6 is 11.6 Å². The zero-order valence-corrected chi connectivity index (χ0v) is 15.8. The summed E-state index contributed by atoms with van der Waals surface area (Å²) in [6.45, 7) is 1.35. The molecule has 0 saturated heterocycles. The van der Waals surface area contributed by atoms with Gasteiger partial charge in [-0.2, -0.15) is 0 Å². The van der Waals surface area contributed by atoms with E-state index >= 15 is 0 Å². The molecule has 25 heavy (non-hydrogen) atoms. The molecule has 0 aromatic heterocycles. The number of anilines is 1. The van der Waals surface area contributed by atoms with Crippen molar-refractivity contribution < 1.29 is 13.2 Å². The lowest BCUT2D eigenvalue weighted by Crippen LogP contribution is -2.26. The highest BCUT2D eigenvalue weighted by atomic mass is 35.5. The molecule has 1 aliphatic heterocycles. The minimum atomic E-state index is -3.65. The Labute approximate surface area is 153 Å².